The molecule has 4 heterocycles. The van der Waals surface area contributed by atoms with Gasteiger partial charge in [-0.2, -0.15) is 0 Å². The molecule has 50 heavy (non-hydrogen) atoms. The van der Waals surface area contributed by atoms with Crippen LogP contribution in [-0.4, -0.2) is 100 Å². The number of morpholine rings is 1. The Kier molecular flexibility index (Phi) is 10.5. The fourth-order valence-electron chi connectivity index (χ4n) is 7.64. The van der Waals surface area contributed by atoms with Crippen LogP contribution in [0.25, 0.3) is 10.9 Å². The van der Waals surface area contributed by atoms with Crippen molar-refractivity contribution in [1.29, 1.82) is 0 Å². The number of carbonyl (C=O) groups is 4. The summed E-state index contributed by atoms with van der Waals surface area (Å²) in [4.78, 5) is 61.6. The summed E-state index contributed by atoms with van der Waals surface area (Å²) in [5, 5.41) is 4.20. The second-order valence-corrected chi connectivity index (χ2v) is 15.1. The van der Waals surface area contributed by atoms with Gasteiger partial charge in [0.25, 0.3) is 0 Å². The molecular weight excluding hydrogens is 634 g/mol. The molecule has 0 saturated carbocycles. The summed E-state index contributed by atoms with van der Waals surface area (Å²) in [7, 11) is 2.00. The van der Waals surface area contributed by atoms with Crippen LogP contribution in [0.2, 0.25) is 0 Å². The Hall–Kier alpha value is -4.38. The smallest absolute Gasteiger partial charge is 0.410 e. The number of likely N-dealkylation sites (tertiary alicyclic amines) is 2. The Bertz CT molecular complexity index is 1710. The lowest BCUT2D eigenvalue weighted by atomic mass is 9.86. The molecule has 3 fully saturated rings. The number of aryl methyl sites for hydroxylation is 2. The van der Waals surface area contributed by atoms with E-state index in [0.717, 1.165) is 22.0 Å². The zero-order chi connectivity index (χ0) is 35.6. The monoisotopic (exact) mass is 685 g/mol. The number of carbonyl (C=O) groups excluding carboxylic acids is 4. The molecule has 6 rings (SSSR count). The number of rotatable bonds is 7. The number of benzene rings is 2. The third-order valence-corrected chi connectivity index (χ3v) is 10.2. The number of piperidine rings is 1. The van der Waals surface area contributed by atoms with Crippen LogP contribution in [0.5, 0.6) is 0 Å². The molecule has 0 spiro atoms. The molecule has 11 nitrogen and oxygen atoms in total. The van der Waals surface area contributed by atoms with Crippen molar-refractivity contribution in [3.8, 4) is 0 Å². The third kappa shape index (κ3) is 7.98. The highest BCUT2D eigenvalue weighted by Crippen LogP contribution is 2.34. The fraction of sp³-hybridized carbons (Fsp3) is 0.538. The first-order valence-corrected chi connectivity index (χ1v) is 17.9. The normalized spacial score (nSPS) is 22.9. The lowest BCUT2D eigenvalue weighted by Gasteiger charge is -2.43. The molecule has 4 atom stereocenters. The summed E-state index contributed by atoms with van der Waals surface area (Å²) in [6.07, 6.45) is 3.59. The van der Waals surface area contributed by atoms with Gasteiger partial charge >= 0.3 is 6.09 Å². The van der Waals surface area contributed by atoms with Crippen molar-refractivity contribution in [1.82, 2.24) is 24.6 Å². The van der Waals surface area contributed by atoms with Gasteiger partial charge in [0.05, 0.1) is 19.1 Å². The average Bonchev–Trinajstić information content (AvgIpc) is 3.70. The lowest BCUT2D eigenvalue weighted by molar-refractivity contribution is -0.153. The van der Waals surface area contributed by atoms with E-state index in [4.69, 9.17) is 9.47 Å². The van der Waals surface area contributed by atoms with E-state index in [2.05, 4.69) is 40.2 Å². The van der Waals surface area contributed by atoms with Gasteiger partial charge in [-0.25, -0.2) is 4.79 Å². The van der Waals surface area contributed by atoms with Crippen molar-refractivity contribution in [3.05, 3.63) is 71.4 Å². The molecule has 3 aromatic rings. The van der Waals surface area contributed by atoms with Crippen molar-refractivity contribution in [2.75, 3.05) is 39.4 Å². The van der Waals surface area contributed by atoms with Crippen LogP contribution in [0.1, 0.15) is 56.7 Å². The van der Waals surface area contributed by atoms with Crippen LogP contribution < -0.4 is 5.32 Å². The molecular formula is C39H51N5O6. The highest BCUT2D eigenvalue weighted by molar-refractivity contribution is 5.96. The lowest BCUT2D eigenvalue weighted by Crippen LogP contribution is -2.62. The van der Waals surface area contributed by atoms with Crippen LogP contribution in [0.4, 0.5) is 4.79 Å². The molecule has 2 aromatic carbocycles. The largest absolute Gasteiger partial charge is 0.444 e. The van der Waals surface area contributed by atoms with Gasteiger partial charge < -0.3 is 29.2 Å². The second kappa shape index (κ2) is 14.8. The highest BCUT2D eigenvalue weighted by atomic mass is 16.6. The van der Waals surface area contributed by atoms with E-state index in [9.17, 15) is 19.2 Å². The van der Waals surface area contributed by atoms with Crippen molar-refractivity contribution in [2.45, 2.75) is 77.6 Å². The van der Waals surface area contributed by atoms with E-state index >= 15 is 0 Å². The molecule has 3 aliphatic heterocycles. The Labute approximate surface area is 294 Å². The fourth-order valence-corrected chi connectivity index (χ4v) is 7.64. The number of nitrogens with one attached hydrogen (secondary N) is 1. The maximum absolute atomic E-state index is 15.0. The first-order chi connectivity index (χ1) is 23.9. The van der Waals surface area contributed by atoms with Gasteiger partial charge in [0, 0.05) is 51.5 Å². The van der Waals surface area contributed by atoms with Crippen molar-refractivity contribution in [2.24, 2.45) is 18.9 Å². The number of hydrogen-bond acceptors (Lipinski definition) is 6. The van der Waals surface area contributed by atoms with Crippen LogP contribution in [0.3, 0.4) is 0 Å². The predicted octanol–water partition coefficient (Wildman–Crippen LogP) is 4.44. The van der Waals surface area contributed by atoms with E-state index < -0.39 is 29.7 Å². The first kappa shape index (κ1) is 35.4. The van der Waals surface area contributed by atoms with Crippen molar-refractivity contribution >= 4 is 34.7 Å². The Morgan fingerprint density at radius 1 is 0.920 bits per heavy atom. The molecule has 0 unspecified atom stereocenters. The Morgan fingerprint density at radius 2 is 1.64 bits per heavy atom. The Balaban J connectivity index is 1.28. The number of aromatic nitrogens is 1. The van der Waals surface area contributed by atoms with Gasteiger partial charge in [0.1, 0.15) is 17.7 Å². The summed E-state index contributed by atoms with van der Waals surface area (Å²) in [5.74, 6) is -1.51. The molecule has 1 N–H and O–H groups in total. The number of fused-ring (bicyclic) bond motifs is 1. The molecule has 0 aliphatic carbocycles. The molecule has 0 bridgehead atoms. The zero-order valence-electron chi connectivity index (χ0n) is 30.0. The maximum atomic E-state index is 15.0. The van der Waals surface area contributed by atoms with E-state index in [1.165, 1.54) is 10.5 Å². The highest BCUT2D eigenvalue weighted by Gasteiger charge is 2.50. The van der Waals surface area contributed by atoms with Crippen LogP contribution in [-0.2, 0) is 43.9 Å². The minimum Gasteiger partial charge on any atom is -0.444 e. The molecule has 4 amide bonds. The maximum Gasteiger partial charge on any atom is 0.410 e. The van der Waals surface area contributed by atoms with Gasteiger partial charge in [-0.3, -0.25) is 19.3 Å². The summed E-state index contributed by atoms with van der Waals surface area (Å²) in [6, 6.07) is 14.7. The zero-order valence-corrected chi connectivity index (χ0v) is 30.0. The SMILES string of the molecule is Cc1ccc(C[C@@H]2C[C@@H](C(=O)NCc3ccc4c(ccn4C)c3)N(C(=O)[C@H]3[C@@H](C(=O)N4CCOCC4)CCCN3C(=O)OC(C)(C)C)C2)cc1. The summed E-state index contributed by atoms with van der Waals surface area (Å²) in [6.45, 7) is 10.1. The van der Waals surface area contributed by atoms with Crippen LogP contribution in [0.15, 0.2) is 54.7 Å². The third-order valence-electron chi connectivity index (χ3n) is 10.2. The number of amides is 4. The molecule has 3 saturated heterocycles. The molecule has 3 aliphatic rings. The summed E-state index contributed by atoms with van der Waals surface area (Å²) in [5.41, 5.74) is 3.58. The second-order valence-electron chi connectivity index (χ2n) is 15.1. The van der Waals surface area contributed by atoms with Crippen molar-refractivity contribution in [3.63, 3.8) is 0 Å². The van der Waals surface area contributed by atoms with Gasteiger partial charge in [-0.15, -0.1) is 0 Å². The van der Waals surface area contributed by atoms with Crippen LogP contribution in [0, 0.1) is 18.8 Å². The van der Waals surface area contributed by atoms with Gasteiger partial charge in [0.15, 0.2) is 0 Å². The van der Waals surface area contributed by atoms with E-state index in [0.29, 0.717) is 65.1 Å². The van der Waals surface area contributed by atoms with Gasteiger partial charge in [0.2, 0.25) is 17.7 Å². The number of hydrogen-bond donors (Lipinski definition) is 1. The molecule has 1 aromatic heterocycles. The minimum absolute atomic E-state index is 0.0186. The standard InChI is InChI=1S/C39H51N5O6/c1-26-8-10-27(11-9-26)21-29-23-33(35(45)40-24-28-12-13-32-30(22-28)14-16-41(32)5)44(25-29)37(47)34-31(36(46)42-17-19-49-20-18-42)7-6-15-43(34)38(48)50-39(2,3)4/h8-14,16,22,29,31,33-34H,6-7,15,17-21,23-25H2,1-5H3,(H,40,45)/t29-,31+,33+,34-/m1/s1. The topological polar surface area (TPSA) is 113 Å². The first-order valence-electron chi connectivity index (χ1n) is 17.9. The van der Waals surface area contributed by atoms with Crippen molar-refractivity contribution < 1.29 is 28.7 Å². The molecule has 268 valence electrons. The summed E-state index contributed by atoms with van der Waals surface area (Å²) < 4.78 is 13.3. The number of nitrogens with zero attached hydrogens (tertiary/aromatic N) is 4. The minimum atomic E-state index is -1.08. The predicted molar refractivity (Wildman–Crippen MR) is 190 cm³/mol. The summed E-state index contributed by atoms with van der Waals surface area (Å²) >= 11 is 0. The number of ether oxygens (including phenoxy) is 2. The Morgan fingerprint density at radius 3 is 2.36 bits per heavy atom. The van der Waals surface area contributed by atoms with E-state index in [-0.39, 0.29) is 30.2 Å². The van der Waals surface area contributed by atoms with E-state index in [1.807, 2.05) is 38.4 Å². The van der Waals surface area contributed by atoms with Gasteiger partial charge in [-0.05, 0) is 94.0 Å². The average molecular weight is 686 g/mol. The van der Waals surface area contributed by atoms with Crippen LogP contribution >= 0.6 is 0 Å². The molecule has 0 radical (unpaired) electrons. The van der Waals surface area contributed by atoms with Gasteiger partial charge in [-0.1, -0.05) is 35.9 Å². The molecule has 11 heteroatoms. The van der Waals surface area contributed by atoms with E-state index in [1.54, 1.807) is 30.6 Å². The quantitative estimate of drug-likeness (QED) is 0.394.